The number of carbonyl (C=O) groups is 1. The molecule has 1 rings (SSSR count). The van der Waals surface area contributed by atoms with Crippen LogP contribution in [0.4, 0.5) is 0 Å². The first-order chi connectivity index (χ1) is 6.65. The van der Waals surface area contributed by atoms with E-state index in [0.717, 1.165) is 22.1 Å². The molecule has 0 aromatic heterocycles. The normalized spacial score (nSPS) is 9.93. The minimum atomic E-state index is 0.430. The van der Waals surface area contributed by atoms with Crippen LogP contribution >= 0.6 is 15.9 Å². The molecule has 0 spiro atoms. The van der Waals surface area contributed by atoms with Crippen LogP contribution in [0.25, 0.3) is 0 Å². The van der Waals surface area contributed by atoms with Crippen molar-refractivity contribution in [3.63, 3.8) is 0 Å². The van der Waals surface area contributed by atoms with E-state index in [-0.39, 0.29) is 0 Å². The first-order valence-corrected chi connectivity index (χ1v) is 5.27. The van der Waals surface area contributed by atoms with E-state index in [4.69, 9.17) is 4.74 Å². The van der Waals surface area contributed by atoms with Crippen LogP contribution in [-0.4, -0.2) is 12.9 Å². The van der Waals surface area contributed by atoms with E-state index in [1.54, 1.807) is 0 Å². The van der Waals surface area contributed by atoms with Gasteiger partial charge in [0.05, 0.1) is 11.1 Å². The summed E-state index contributed by atoms with van der Waals surface area (Å²) in [5, 5.41) is 0. The number of aldehydes is 1. The van der Waals surface area contributed by atoms with E-state index < -0.39 is 0 Å². The SMILES string of the molecule is Cc1cc(C)c(OCCC=O)c(Br)c1. The minimum absolute atomic E-state index is 0.430. The molecule has 3 heteroatoms. The van der Waals surface area contributed by atoms with Gasteiger partial charge in [0.25, 0.3) is 0 Å². The highest BCUT2D eigenvalue weighted by molar-refractivity contribution is 9.10. The fourth-order valence-electron chi connectivity index (χ4n) is 1.29. The maximum Gasteiger partial charge on any atom is 0.136 e. The third-order valence-electron chi connectivity index (χ3n) is 1.86. The third kappa shape index (κ3) is 2.84. The van der Waals surface area contributed by atoms with E-state index in [2.05, 4.69) is 22.0 Å². The molecular formula is C11H13BrO2. The second-order valence-corrected chi connectivity index (χ2v) is 4.05. The predicted octanol–water partition coefficient (Wildman–Crippen LogP) is 3.03. The molecular weight excluding hydrogens is 244 g/mol. The van der Waals surface area contributed by atoms with Crippen molar-refractivity contribution in [2.75, 3.05) is 6.61 Å². The van der Waals surface area contributed by atoms with Crippen molar-refractivity contribution in [3.8, 4) is 5.75 Å². The van der Waals surface area contributed by atoms with Crippen LogP contribution in [0.2, 0.25) is 0 Å². The number of rotatable bonds is 4. The first kappa shape index (κ1) is 11.2. The highest BCUT2D eigenvalue weighted by atomic mass is 79.9. The van der Waals surface area contributed by atoms with E-state index in [1.165, 1.54) is 5.56 Å². The summed E-state index contributed by atoms with van der Waals surface area (Å²) in [4.78, 5) is 10.1. The van der Waals surface area contributed by atoms with Crippen molar-refractivity contribution in [1.29, 1.82) is 0 Å². The molecule has 1 aromatic carbocycles. The number of hydrogen-bond acceptors (Lipinski definition) is 2. The second kappa shape index (κ2) is 5.15. The Labute approximate surface area is 92.4 Å². The van der Waals surface area contributed by atoms with Crippen LogP contribution in [0, 0.1) is 13.8 Å². The average Bonchev–Trinajstić information content (AvgIpc) is 2.09. The summed E-state index contributed by atoms with van der Waals surface area (Å²) in [6.45, 7) is 4.47. The molecule has 1 aromatic rings. The molecule has 0 fully saturated rings. The maximum atomic E-state index is 10.1. The van der Waals surface area contributed by atoms with Gasteiger partial charge in [0, 0.05) is 6.42 Å². The third-order valence-corrected chi connectivity index (χ3v) is 2.44. The highest BCUT2D eigenvalue weighted by Crippen LogP contribution is 2.30. The molecule has 0 aliphatic carbocycles. The van der Waals surface area contributed by atoms with Crippen molar-refractivity contribution in [2.24, 2.45) is 0 Å². The molecule has 0 N–H and O–H groups in total. The lowest BCUT2D eigenvalue weighted by Crippen LogP contribution is -2.00. The van der Waals surface area contributed by atoms with Gasteiger partial charge in [-0.25, -0.2) is 0 Å². The quantitative estimate of drug-likeness (QED) is 0.612. The smallest absolute Gasteiger partial charge is 0.136 e. The Hall–Kier alpha value is -0.830. The minimum Gasteiger partial charge on any atom is -0.492 e. The Bertz CT molecular complexity index is 311. The first-order valence-electron chi connectivity index (χ1n) is 4.48. The lowest BCUT2D eigenvalue weighted by atomic mass is 10.1. The van der Waals surface area contributed by atoms with Gasteiger partial charge in [-0.3, -0.25) is 0 Å². The van der Waals surface area contributed by atoms with Gasteiger partial charge in [0.1, 0.15) is 12.0 Å². The molecule has 0 amide bonds. The van der Waals surface area contributed by atoms with Crippen LogP contribution in [0.1, 0.15) is 17.5 Å². The number of ether oxygens (including phenoxy) is 1. The highest BCUT2D eigenvalue weighted by Gasteiger charge is 2.05. The molecule has 0 heterocycles. The standard InChI is InChI=1S/C11H13BrO2/c1-8-6-9(2)11(10(12)7-8)14-5-3-4-13/h4,6-7H,3,5H2,1-2H3. The summed E-state index contributed by atoms with van der Waals surface area (Å²) in [5.41, 5.74) is 2.28. The lowest BCUT2D eigenvalue weighted by Gasteiger charge is -2.10. The van der Waals surface area contributed by atoms with E-state index in [0.29, 0.717) is 13.0 Å². The monoisotopic (exact) mass is 256 g/mol. The van der Waals surface area contributed by atoms with Gasteiger partial charge >= 0.3 is 0 Å². The molecule has 0 atom stereocenters. The van der Waals surface area contributed by atoms with Gasteiger partial charge in [-0.2, -0.15) is 0 Å². The second-order valence-electron chi connectivity index (χ2n) is 3.20. The Kier molecular flexibility index (Phi) is 4.14. The van der Waals surface area contributed by atoms with Gasteiger partial charge in [0.2, 0.25) is 0 Å². The molecule has 0 saturated carbocycles. The lowest BCUT2D eigenvalue weighted by molar-refractivity contribution is -0.108. The van der Waals surface area contributed by atoms with Gasteiger partial charge < -0.3 is 9.53 Å². The van der Waals surface area contributed by atoms with Crippen LogP contribution in [0.15, 0.2) is 16.6 Å². The average molecular weight is 257 g/mol. The zero-order chi connectivity index (χ0) is 10.6. The molecule has 0 bridgehead atoms. The van der Waals surface area contributed by atoms with Crippen molar-refractivity contribution in [2.45, 2.75) is 20.3 Å². The van der Waals surface area contributed by atoms with Gasteiger partial charge in [-0.1, -0.05) is 6.07 Å². The molecule has 2 nitrogen and oxygen atoms in total. The number of halogens is 1. The molecule has 0 aliphatic heterocycles. The summed E-state index contributed by atoms with van der Waals surface area (Å²) in [6, 6.07) is 4.06. The van der Waals surface area contributed by atoms with E-state index in [1.807, 2.05) is 19.9 Å². The Morgan fingerprint density at radius 1 is 1.43 bits per heavy atom. The molecule has 0 saturated heterocycles. The van der Waals surface area contributed by atoms with Crippen LogP contribution in [0.3, 0.4) is 0 Å². The summed E-state index contributed by atoms with van der Waals surface area (Å²) < 4.78 is 6.43. The molecule has 0 unspecified atom stereocenters. The zero-order valence-corrected chi connectivity index (χ0v) is 9.93. The zero-order valence-electron chi connectivity index (χ0n) is 8.34. The Morgan fingerprint density at radius 3 is 2.71 bits per heavy atom. The van der Waals surface area contributed by atoms with E-state index >= 15 is 0 Å². The maximum absolute atomic E-state index is 10.1. The van der Waals surface area contributed by atoms with E-state index in [9.17, 15) is 4.79 Å². The fraction of sp³-hybridized carbons (Fsp3) is 0.364. The van der Waals surface area contributed by atoms with Crippen LogP contribution < -0.4 is 4.74 Å². The summed E-state index contributed by atoms with van der Waals surface area (Å²) in [7, 11) is 0. The van der Waals surface area contributed by atoms with Crippen LogP contribution in [0.5, 0.6) is 5.75 Å². The van der Waals surface area contributed by atoms with Crippen molar-refractivity contribution in [3.05, 3.63) is 27.7 Å². The van der Waals surface area contributed by atoms with Gasteiger partial charge in [0.15, 0.2) is 0 Å². The van der Waals surface area contributed by atoms with Gasteiger partial charge in [-0.05, 0) is 47.0 Å². The van der Waals surface area contributed by atoms with Crippen LogP contribution in [-0.2, 0) is 4.79 Å². The van der Waals surface area contributed by atoms with Gasteiger partial charge in [-0.15, -0.1) is 0 Å². The number of hydrogen-bond donors (Lipinski definition) is 0. The van der Waals surface area contributed by atoms with Crippen molar-refractivity contribution in [1.82, 2.24) is 0 Å². The van der Waals surface area contributed by atoms with Crippen molar-refractivity contribution < 1.29 is 9.53 Å². The Balaban J connectivity index is 2.80. The Morgan fingerprint density at radius 2 is 2.14 bits per heavy atom. The largest absolute Gasteiger partial charge is 0.492 e. The summed E-state index contributed by atoms with van der Waals surface area (Å²) >= 11 is 3.44. The topological polar surface area (TPSA) is 26.3 Å². The fourth-order valence-corrected chi connectivity index (χ4v) is 2.08. The van der Waals surface area contributed by atoms with Crippen molar-refractivity contribution >= 4 is 22.2 Å². The molecule has 0 aliphatic rings. The molecule has 0 radical (unpaired) electrons. The number of benzene rings is 1. The summed E-state index contributed by atoms with van der Waals surface area (Å²) in [6.07, 6.45) is 1.29. The number of carbonyl (C=O) groups excluding carboxylic acids is 1. The number of aryl methyl sites for hydroxylation is 2. The summed E-state index contributed by atoms with van der Waals surface area (Å²) in [5.74, 6) is 0.831. The predicted molar refractivity (Wildman–Crippen MR) is 59.8 cm³/mol. The molecule has 76 valence electrons. The molecule has 14 heavy (non-hydrogen) atoms.